The Kier molecular flexibility index (Phi) is 6.51. The quantitative estimate of drug-likeness (QED) is 0.803. The third-order valence-corrected chi connectivity index (χ3v) is 3.68. The van der Waals surface area contributed by atoms with Gasteiger partial charge < -0.3 is 10.6 Å². The molecule has 0 amide bonds. The normalized spacial score (nSPS) is 12.5. The number of unbranched alkanes of at least 4 members (excludes halogenated alkanes) is 1. The molecule has 102 valence electrons. The predicted molar refractivity (Wildman–Crippen MR) is 81.4 cm³/mol. The van der Waals surface area contributed by atoms with Crippen LogP contribution >= 0.6 is 11.6 Å². The van der Waals surface area contributed by atoms with E-state index in [4.69, 9.17) is 17.3 Å². The van der Waals surface area contributed by atoms with Gasteiger partial charge in [0.1, 0.15) is 0 Å². The van der Waals surface area contributed by atoms with Crippen molar-refractivity contribution in [2.75, 3.05) is 11.4 Å². The molecule has 1 unspecified atom stereocenters. The largest absolute Gasteiger partial charge is 0.369 e. The van der Waals surface area contributed by atoms with E-state index in [2.05, 4.69) is 31.7 Å². The van der Waals surface area contributed by atoms with E-state index in [0.717, 1.165) is 23.6 Å². The number of hydrogen-bond acceptors (Lipinski definition) is 2. The zero-order valence-electron chi connectivity index (χ0n) is 11.7. The van der Waals surface area contributed by atoms with Gasteiger partial charge in [-0.15, -0.1) is 0 Å². The fraction of sp³-hybridized carbons (Fsp3) is 0.600. The Morgan fingerprint density at radius 2 is 2.06 bits per heavy atom. The van der Waals surface area contributed by atoms with Gasteiger partial charge in [0, 0.05) is 29.8 Å². The van der Waals surface area contributed by atoms with Gasteiger partial charge >= 0.3 is 0 Å². The standard InChI is InChI=1S/C15H25ClN2/c1-4-6-9-18(12(3)5-2)15-8-7-14(16)10-13(15)11-17/h7-8,10,12H,4-6,9,11,17H2,1-3H3. The second-order valence-electron chi connectivity index (χ2n) is 4.78. The Morgan fingerprint density at radius 1 is 1.33 bits per heavy atom. The molecule has 1 aromatic carbocycles. The zero-order valence-corrected chi connectivity index (χ0v) is 12.5. The molecule has 0 aromatic heterocycles. The van der Waals surface area contributed by atoms with Crippen LogP contribution in [0.3, 0.4) is 0 Å². The number of nitrogens with zero attached hydrogens (tertiary/aromatic N) is 1. The number of halogens is 1. The molecule has 0 heterocycles. The number of anilines is 1. The summed E-state index contributed by atoms with van der Waals surface area (Å²) in [5, 5.41) is 0.763. The Bertz CT molecular complexity index is 366. The predicted octanol–water partition coefficient (Wildman–Crippen LogP) is 4.20. The van der Waals surface area contributed by atoms with E-state index >= 15 is 0 Å². The Balaban J connectivity index is 3.03. The maximum atomic E-state index is 6.04. The summed E-state index contributed by atoms with van der Waals surface area (Å²) in [6.45, 7) is 8.34. The number of hydrogen-bond donors (Lipinski definition) is 1. The van der Waals surface area contributed by atoms with Crippen molar-refractivity contribution in [3.63, 3.8) is 0 Å². The SMILES string of the molecule is CCCCN(c1ccc(Cl)cc1CN)C(C)CC. The van der Waals surface area contributed by atoms with Crippen LogP contribution in [-0.4, -0.2) is 12.6 Å². The topological polar surface area (TPSA) is 29.3 Å². The summed E-state index contributed by atoms with van der Waals surface area (Å²) in [6, 6.07) is 6.57. The second kappa shape index (κ2) is 7.65. The summed E-state index contributed by atoms with van der Waals surface area (Å²) in [4.78, 5) is 2.46. The lowest BCUT2D eigenvalue weighted by molar-refractivity contribution is 0.593. The maximum absolute atomic E-state index is 6.04. The van der Waals surface area contributed by atoms with Gasteiger partial charge in [-0.3, -0.25) is 0 Å². The Morgan fingerprint density at radius 3 is 2.61 bits per heavy atom. The molecule has 0 aliphatic heterocycles. The monoisotopic (exact) mass is 268 g/mol. The molecule has 0 radical (unpaired) electrons. The van der Waals surface area contributed by atoms with Crippen molar-refractivity contribution < 1.29 is 0 Å². The Labute approximate surface area is 116 Å². The van der Waals surface area contributed by atoms with Crippen LogP contribution < -0.4 is 10.6 Å². The first kappa shape index (κ1) is 15.3. The van der Waals surface area contributed by atoms with Crippen LogP contribution in [0.25, 0.3) is 0 Å². The first-order valence-electron chi connectivity index (χ1n) is 6.89. The maximum Gasteiger partial charge on any atom is 0.0415 e. The van der Waals surface area contributed by atoms with Gasteiger partial charge in [0.15, 0.2) is 0 Å². The van der Waals surface area contributed by atoms with Crippen molar-refractivity contribution in [2.24, 2.45) is 5.73 Å². The molecule has 0 saturated heterocycles. The van der Waals surface area contributed by atoms with Gasteiger partial charge in [0.05, 0.1) is 0 Å². The van der Waals surface area contributed by atoms with Crippen LogP contribution in [0.2, 0.25) is 5.02 Å². The van der Waals surface area contributed by atoms with Crippen molar-refractivity contribution in [2.45, 2.75) is 52.6 Å². The number of benzene rings is 1. The lowest BCUT2D eigenvalue weighted by Crippen LogP contribution is -2.34. The zero-order chi connectivity index (χ0) is 13.5. The summed E-state index contributed by atoms with van der Waals surface area (Å²) >= 11 is 6.04. The van der Waals surface area contributed by atoms with E-state index in [0.29, 0.717) is 12.6 Å². The highest BCUT2D eigenvalue weighted by Gasteiger charge is 2.15. The second-order valence-corrected chi connectivity index (χ2v) is 5.22. The first-order valence-corrected chi connectivity index (χ1v) is 7.26. The smallest absolute Gasteiger partial charge is 0.0415 e. The highest BCUT2D eigenvalue weighted by Crippen LogP contribution is 2.27. The minimum absolute atomic E-state index is 0.531. The van der Waals surface area contributed by atoms with Gasteiger partial charge in [-0.05, 0) is 43.5 Å². The molecule has 3 heteroatoms. The van der Waals surface area contributed by atoms with Crippen LogP contribution in [0.1, 0.15) is 45.6 Å². The molecule has 2 nitrogen and oxygen atoms in total. The van der Waals surface area contributed by atoms with E-state index in [-0.39, 0.29) is 0 Å². The molecular formula is C15H25ClN2. The number of rotatable bonds is 7. The van der Waals surface area contributed by atoms with E-state index in [9.17, 15) is 0 Å². The highest BCUT2D eigenvalue weighted by molar-refractivity contribution is 6.30. The molecule has 0 spiro atoms. The van der Waals surface area contributed by atoms with Gasteiger partial charge in [-0.1, -0.05) is 31.9 Å². The van der Waals surface area contributed by atoms with E-state index in [1.54, 1.807) is 0 Å². The molecule has 2 N–H and O–H groups in total. The van der Waals surface area contributed by atoms with Gasteiger partial charge in [-0.25, -0.2) is 0 Å². The van der Waals surface area contributed by atoms with Crippen molar-refractivity contribution in [1.29, 1.82) is 0 Å². The van der Waals surface area contributed by atoms with Crippen LogP contribution in [-0.2, 0) is 6.54 Å². The van der Waals surface area contributed by atoms with Crippen LogP contribution in [0.5, 0.6) is 0 Å². The molecule has 0 aliphatic rings. The van der Waals surface area contributed by atoms with Crippen molar-refractivity contribution in [3.8, 4) is 0 Å². The van der Waals surface area contributed by atoms with Crippen LogP contribution in [0.4, 0.5) is 5.69 Å². The molecule has 18 heavy (non-hydrogen) atoms. The average molecular weight is 269 g/mol. The first-order chi connectivity index (χ1) is 8.63. The molecule has 1 rings (SSSR count). The molecule has 0 saturated carbocycles. The van der Waals surface area contributed by atoms with Crippen LogP contribution in [0.15, 0.2) is 18.2 Å². The highest BCUT2D eigenvalue weighted by atomic mass is 35.5. The van der Waals surface area contributed by atoms with E-state index < -0.39 is 0 Å². The summed E-state index contributed by atoms with van der Waals surface area (Å²) in [6.07, 6.45) is 3.55. The minimum Gasteiger partial charge on any atom is -0.369 e. The van der Waals surface area contributed by atoms with Crippen LogP contribution in [0, 0.1) is 0 Å². The minimum atomic E-state index is 0.531. The van der Waals surface area contributed by atoms with Crippen molar-refractivity contribution >= 4 is 17.3 Å². The third kappa shape index (κ3) is 3.89. The molecule has 1 atom stereocenters. The molecule has 0 bridgehead atoms. The fourth-order valence-corrected chi connectivity index (χ4v) is 2.32. The summed E-state index contributed by atoms with van der Waals surface area (Å²) in [5.41, 5.74) is 8.22. The fourth-order valence-electron chi connectivity index (χ4n) is 2.12. The molecular weight excluding hydrogens is 244 g/mol. The lowest BCUT2D eigenvalue weighted by Gasteiger charge is -2.32. The third-order valence-electron chi connectivity index (χ3n) is 3.45. The van der Waals surface area contributed by atoms with Crippen molar-refractivity contribution in [1.82, 2.24) is 0 Å². The Hall–Kier alpha value is -0.730. The van der Waals surface area contributed by atoms with E-state index in [1.165, 1.54) is 18.5 Å². The molecule has 1 aromatic rings. The van der Waals surface area contributed by atoms with Gasteiger partial charge in [0.25, 0.3) is 0 Å². The molecule has 0 fully saturated rings. The van der Waals surface area contributed by atoms with Gasteiger partial charge in [-0.2, -0.15) is 0 Å². The average Bonchev–Trinajstić information content (AvgIpc) is 2.39. The summed E-state index contributed by atoms with van der Waals surface area (Å²) in [5.74, 6) is 0. The lowest BCUT2D eigenvalue weighted by atomic mass is 10.1. The molecule has 0 aliphatic carbocycles. The van der Waals surface area contributed by atoms with E-state index in [1.807, 2.05) is 12.1 Å². The van der Waals surface area contributed by atoms with Crippen molar-refractivity contribution in [3.05, 3.63) is 28.8 Å². The van der Waals surface area contributed by atoms with Gasteiger partial charge in [0.2, 0.25) is 0 Å². The summed E-state index contributed by atoms with van der Waals surface area (Å²) < 4.78 is 0. The summed E-state index contributed by atoms with van der Waals surface area (Å²) in [7, 11) is 0. The number of nitrogens with two attached hydrogens (primary N) is 1.